The summed E-state index contributed by atoms with van der Waals surface area (Å²) in [6.45, 7) is 4.86. The highest BCUT2D eigenvalue weighted by Gasteiger charge is 2.17. The van der Waals surface area contributed by atoms with Crippen molar-refractivity contribution in [3.8, 4) is 0 Å². The van der Waals surface area contributed by atoms with Gasteiger partial charge in [0.2, 0.25) is 0 Å². The third-order valence-electron chi connectivity index (χ3n) is 3.04. The molecule has 0 saturated carbocycles. The SMILES string of the molecule is CNCc1cc2cccc(C(=O)O)c2n1C(C)C. The molecule has 0 amide bonds. The van der Waals surface area contributed by atoms with Crippen molar-refractivity contribution in [2.24, 2.45) is 0 Å². The molecular formula is C14H18N2O2. The zero-order chi connectivity index (χ0) is 13.3. The number of fused-ring (bicyclic) bond motifs is 1. The summed E-state index contributed by atoms with van der Waals surface area (Å²) in [5.41, 5.74) is 2.28. The Kier molecular flexibility index (Phi) is 3.39. The maximum absolute atomic E-state index is 11.3. The first-order valence-electron chi connectivity index (χ1n) is 6.07. The third kappa shape index (κ3) is 1.99. The van der Waals surface area contributed by atoms with E-state index >= 15 is 0 Å². The van der Waals surface area contributed by atoms with Gasteiger partial charge in [-0.2, -0.15) is 0 Å². The molecule has 18 heavy (non-hydrogen) atoms. The normalized spacial score (nSPS) is 11.3. The molecule has 0 spiro atoms. The van der Waals surface area contributed by atoms with Crippen molar-refractivity contribution in [1.29, 1.82) is 0 Å². The van der Waals surface area contributed by atoms with Crippen LogP contribution in [0.25, 0.3) is 10.9 Å². The molecule has 0 saturated heterocycles. The predicted molar refractivity (Wildman–Crippen MR) is 72.0 cm³/mol. The van der Waals surface area contributed by atoms with Gasteiger partial charge >= 0.3 is 5.97 Å². The third-order valence-corrected chi connectivity index (χ3v) is 3.04. The Morgan fingerprint density at radius 1 is 1.44 bits per heavy atom. The molecular weight excluding hydrogens is 228 g/mol. The van der Waals surface area contributed by atoms with Crippen LogP contribution in [0.15, 0.2) is 24.3 Å². The first-order chi connectivity index (χ1) is 8.56. The van der Waals surface area contributed by atoms with Crippen molar-refractivity contribution >= 4 is 16.9 Å². The Morgan fingerprint density at radius 2 is 2.17 bits per heavy atom. The van der Waals surface area contributed by atoms with E-state index in [-0.39, 0.29) is 6.04 Å². The molecule has 0 aliphatic carbocycles. The van der Waals surface area contributed by atoms with Crippen LogP contribution in [0.4, 0.5) is 0 Å². The van der Waals surface area contributed by atoms with Crippen LogP contribution in [0.3, 0.4) is 0 Å². The fraction of sp³-hybridized carbons (Fsp3) is 0.357. The average molecular weight is 246 g/mol. The van der Waals surface area contributed by atoms with Crippen LogP contribution < -0.4 is 5.32 Å². The van der Waals surface area contributed by atoms with Crippen molar-refractivity contribution < 1.29 is 9.90 Å². The van der Waals surface area contributed by atoms with Crippen LogP contribution in [-0.4, -0.2) is 22.7 Å². The summed E-state index contributed by atoms with van der Waals surface area (Å²) < 4.78 is 2.09. The number of hydrogen-bond acceptors (Lipinski definition) is 2. The highest BCUT2D eigenvalue weighted by molar-refractivity contribution is 6.02. The summed E-state index contributed by atoms with van der Waals surface area (Å²) in [5.74, 6) is -0.878. The highest BCUT2D eigenvalue weighted by Crippen LogP contribution is 2.27. The van der Waals surface area contributed by atoms with E-state index < -0.39 is 5.97 Å². The molecule has 96 valence electrons. The van der Waals surface area contributed by atoms with Crippen LogP contribution >= 0.6 is 0 Å². The number of nitrogens with zero attached hydrogens (tertiary/aromatic N) is 1. The maximum atomic E-state index is 11.3. The van der Waals surface area contributed by atoms with Gasteiger partial charge in [-0.05, 0) is 33.0 Å². The van der Waals surface area contributed by atoms with E-state index in [0.29, 0.717) is 5.56 Å². The molecule has 0 aliphatic heterocycles. The molecule has 0 unspecified atom stereocenters. The second-order valence-corrected chi connectivity index (χ2v) is 4.68. The zero-order valence-electron chi connectivity index (χ0n) is 10.9. The minimum atomic E-state index is -0.878. The standard InChI is InChI=1S/C14H18N2O2/c1-9(2)16-11(8-15-3)7-10-5-4-6-12(13(10)16)14(17)18/h4-7,9,15H,8H2,1-3H3,(H,17,18). The first kappa shape index (κ1) is 12.6. The molecule has 0 fully saturated rings. The summed E-state index contributed by atoms with van der Waals surface area (Å²) in [6, 6.07) is 7.69. The number of carbonyl (C=O) groups is 1. The van der Waals surface area contributed by atoms with E-state index in [0.717, 1.165) is 23.1 Å². The van der Waals surface area contributed by atoms with Crippen LogP contribution in [-0.2, 0) is 6.54 Å². The fourth-order valence-electron chi connectivity index (χ4n) is 2.42. The van der Waals surface area contributed by atoms with E-state index in [1.165, 1.54) is 0 Å². The topological polar surface area (TPSA) is 54.3 Å². The fourth-order valence-corrected chi connectivity index (χ4v) is 2.42. The molecule has 1 aromatic heterocycles. The number of carboxylic acids is 1. The van der Waals surface area contributed by atoms with Gasteiger partial charge in [0.15, 0.2) is 0 Å². The van der Waals surface area contributed by atoms with Gasteiger partial charge in [0.25, 0.3) is 0 Å². The summed E-state index contributed by atoms with van der Waals surface area (Å²) in [5, 5.41) is 13.4. The largest absolute Gasteiger partial charge is 0.478 e. The predicted octanol–water partition coefficient (Wildman–Crippen LogP) is 2.64. The van der Waals surface area contributed by atoms with E-state index in [9.17, 15) is 9.90 Å². The van der Waals surface area contributed by atoms with Gasteiger partial charge in [0.05, 0.1) is 11.1 Å². The molecule has 0 atom stereocenters. The zero-order valence-corrected chi connectivity index (χ0v) is 10.9. The number of aromatic nitrogens is 1. The van der Waals surface area contributed by atoms with Gasteiger partial charge in [-0.3, -0.25) is 0 Å². The van der Waals surface area contributed by atoms with Crippen LogP contribution in [0.2, 0.25) is 0 Å². The minimum absolute atomic E-state index is 0.228. The number of nitrogens with one attached hydrogen (secondary N) is 1. The van der Waals surface area contributed by atoms with Crippen molar-refractivity contribution in [1.82, 2.24) is 9.88 Å². The highest BCUT2D eigenvalue weighted by atomic mass is 16.4. The molecule has 2 aromatic rings. The van der Waals surface area contributed by atoms with Crippen molar-refractivity contribution in [2.75, 3.05) is 7.05 Å². The van der Waals surface area contributed by atoms with Crippen molar-refractivity contribution in [2.45, 2.75) is 26.4 Å². The molecule has 2 N–H and O–H groups in total. The summed E-state index contributed by atoms with van der Waals surface area (Å²) in [7, 11) is 1.89. The van der Waals surface area contributed by atoms with Crippen molar-refractivity contribution in [3.05, 3.63) is 35.5 Å². The van der Waals surface area contributed by atoms with E-state index in [1.807, 2.05) is 13.1 Å². The monoisotopic (exact) mass is 246 g/mol. The van der Waals surface area contributed by atoms with Gasteiger partial charge in [0, 0.05) is 23.7 Å². The van der Waals surface area contributed by atoms with Crippen LogP contribution in [0.1, 0.15) is 35.9 Å². The molecule has 2 rings (SSSR count). The molecule has 0 aliphatic rings. The van der Waals surface area contributed by atoms with Gasteiger partial charge < -0.3 is 15.0 Å². The van der Waals surface area contributed by atoms with Gasteiger partial charge in [-0.25, -0.2) is 4.79 Å². The molecule has 4 heteroatoms. The smallest absolute Gasteiger partial charge is 0.337 e. The minimum Gasteiger partial charge on any atom is -0.478 e. The molecule has 0 radical (unpaired) electrons. The quantitative estimate of drug-likeness (QED) is 0.872. The van der Waals surface area contributed by atoms with Crippen LogP contribution in [0.5, 0.6) is 0 Å². The second kappa shape index (κ2) is 4.82. The second-order valence-electron chi connectivity index (χ2n) is 4.68. The lowest BCUT2D eigenvalue weighted by molar-refractivity contribution is 0.0698. The lowest BCUT2D eigenvalue weighted by atomic mass is 10.1. The number of carboxylic acid groups (broad SMARTS) is 1. The van der Waals surface area contributed by atoms with Crippen molar-refractivity contribution in [3.63, 3.8) is 0 Å². The van der Waals surface area contributed by atoms with Crippen LogP contribution in [0, 0.1) is 0 Å². The Bertz CT molecular complexity index is 585. The average Bonchev–Trinajstić information content (AvgIpc) is 2.66. The van der Waals surface area contributed by atoms with E-state index in [2.05, 4.69) is 29.8 Å². The summed E-state index contributed by atoms with van der Waals surface area (Å²) in [6.07, 6.45) is 0. The lowest BCUT2D eigenvalue weighted by Gasteiger charge is -2.15. The van der Waals surface area contributed by atoms with Gasteiger partial charge in [0.1, 0.15) is 0 Å². The Labute approximate surface area is 106 Å². The van der Waals surface area contributed by atoms with E-state index in [1.54, 1.807) is 12.1 Å². The number of rotatable bonds is 4. The molecule has 4 nitrogen and oxygen atoms in total. The Balaban J connectivity index is 2.79. The first-order valence-corrected chi connectivity index (χ1v) is 6.07. The molecule has 1 aromatic carbocycles. The Morgan fingerprint density at radius 3 is 2.72 bits per heavy atom. The van der Waals surface area contributed by atoms with E-state index in [4.69, 9.17) is 0 Å². The summed E-state index contributed by atoms with van der Waals surface area (Å²) >= 11 is 0. The molecule has 1 heterocycles. The van der Waals surface area contributed by atoms with Gasteiger partial charge in [-0.15, -0.1) is 0 Å². The number of aromatic carboxylic acids is 1. The maximum Gasteiger partial charge on any atom is 0.337 e. The summed E-state index contributed by atoms with van der Waals surface area (Å²) in [4.78, 5) is 11.3. The number of benzene rings is 1. The molecule has 0 bridgehead atoms. The van der Waals surface area contributed by atoms with Gasteiger partial charge in [-0.1, -0.05) is 12.1 Å². The Hall–Kier alpha value is -1.81. The number of hydrogen-bond donors (Lipinski definition) is 2. The number of para-hydroxylation sites is 1. The lowest BCUT2D eigenvalue weighted by Crippen LogP contribution is -2.13.